The Bertz CT molecular complexity index is 647. The highest BCUT2D eigenvalue weighted by atomic mass is 15.0. The summed E-state index contributed by atoms with van der Waals surface area (Å²) in [4.78, 5) is 9.44. The second-order valence-electron chi connectivity index (χ2n) is 5.67. The third-order valence-corrected chi connectivity index (χ3v) is 4.12. The Morgan fingerprint density at radius 1 is 1.10 bits per heavy atom. The molecule has 0 saturated heterocycles. The van der Waals surface area contributed by atoms with Gasteiger partial charge in [-0.3, -0.25) is 0 Å². The molecule has 1 aliphatic rings. The summed E-state index contributed by atoms with van der Waals surface area (Å²) in [5.74, 6) is 0.938. The molecule has 1 N–H and O–H groups in total. The van der Waals surface area contributed by atoms with Crippen LogP contribution in [0.4, 0.5) is 0 Å². The highest BCUT2D eigenvalue weighted by molar-refractivity contribution is 5.33. The summed E-state index contributed by atoms with van der Waals surface area (Å²) in [6.07, 6.45) is 1.86. The van der Waals surface area contributed by atoms with Crippen LogP contribution in [0.2, 0.25) is 0 Å². The Morgan fingerprint density at radius 2 is 1.95 bits per heavy atom. The maximum Gasteiger partial charge on any atom is 0.133 e. The molecule has 3 heteroatoms. The second kappa shape index (κ2) is 5.33. The first-order valence-electron chi connectivity index (χ1n) is 7.25. The third kappa shape index (κ3) is 2.59. The van der Waals surface area contributed by atoms with Gasteiger partial charge in [0.1, 0.15) is 5.82 Å². The summed E-state index contributed by atoms with van der Waals surface area (Å²) in [5.41, 5.74) is 7.63. The SMILES string of the molecule is Cc1ccc(Cc2nc(C)c3c(n2)CNCC3)cc1C. The maximum atomic E-state index is 4.75. The van der Waals surface area contributed by atoms with Crippen molar-refractivity contribution in [2.75, 3.05) is 6.54 Å². The first-order valence-corrected chi connectivity index (χ1v) is 7.25. The van der Waals surface area contributed by atoms with Gasteiger partial charge in [-0.25, -0.2) is 9.97 Å². The van der Waals surface area contributed by atoms with Crippen molar-refractivity contribution in [2.45, 2.75) is 40.2 Å². The minimum atomic E-state index is 0.815. The van der Waals surface area contributed by atoms with Crippen molar-refractivity contribution in [3.05, 3.63) is 57.7 Å². The number of fused-ring (bicyclic) bond motifs is 1. The Hall–Kier alpha value is -1.74. The molecule has 0 radical (unpaired) electrons. The van der Waals surface area contributed by atoms with Gasteiger partial charge in [0.05, 0.1) is 5.69 Å². The van der Waals surface area contributed by atoms with Gasteiger partial charge in [0.2, 0.25) is 0 Å². The van der Waals surface area contributed by atoms with Gasteiger partial charge in [-0.2, -0.15) is 0 Å². The summed E-state index contributed by atoms with van der Waals surface area (Å²) in [6, 6.07) is 6.60. The maximum absolute atomic E-state index is 4.75. The number of benzene rings is 1. The van der Waals surface area contributed by atoms with E-state index in [1.54, 1.807) is 0 Å². The summed E-state index contributed by atoms with van der Waals surface area (Å²) in [6.45, 7) is 8.31. The van der Waals surface area contributed by atoms with Crippen LogP contribution in [0.5, 0.6) is 0 Å². The van der Waals surface area contributed by atoms with E-state index >= 15 is 0 Å². The minimum Gasteiger partial charge on any atom is -0.311 e. The average molecular weight is 267 g/mol. The zero-order valence-electron chi connectivity index (χ0n) is 12.5. The lowest BCUT2D eigenvalue weighted by Crippen LogP contribution is -2.26. The van der Waals surface area contributed by atoms with Gasteiger partial charge >= 0.3 is 0 Å². The summed E-state index contributed by atoms with van der Waals surface area (Å²) < 4.78 is 0. The van der Waals surface area contributed by atoms with E-state index in [-0.39, 0.29) is 0 Å². The van der Waals surface area contributed by atoms with Crippen LogP contribution in [0.25, 0.3) is 0 Å². The van der Waals surface area contributed by atoms with Gasteiger partial charge in [0, 0.05) is 18.7 Å². The van der Waals surface area contributed by atoms with Gasteiger partial charge in [-0.15, -0.1) is 0 Å². The van der Waals surface area contributed by atoms with Crippen LogP contribution < -0.4 is 5.32 Å². The zero-order chi connectivity index (χ0) is 14.1. The van der Waals surface area contributed by atoms with Crippen LogP contribution in [-0.2, 0) is 19.4 Å². The number of nitrogens with zero attached hydrogens (tertiary/aromatic N) is 2. The normalized spacial score (nSPS) is 14.2. The number of hydrogen-bond acceptors (Lipinski definition) is 3. The molecule has 3 nitrogen and oxygen atoms in total. The van der Waals surface area contributed by atoms with Crippen molar-refractivity contribution in [1.82, 2.24) is 15.3 Å². The van der Waals surface area contributed by atoms with Gasteiger partial charge in [0.25, 0.3) is 0 Å². The van der Waals surface area contributed by atoms with Crippen molar-refractivity contribution in [3.8, 4) is 0 Å². The van der Waals surface area contributed by atoms with E-state index < -0.39 is 0 Å². The average Bonchev–Trinajstić information content (AvgIpc) is 2.43. The van der Waals surface area contributed by atoms with E-state index in [2.05, 4.69) is 44.3 Å². The molecule has 0 saturated carbocycles. The van der Waals surface area contributed by atoms with Crippen LogP contribution in [0.15, 0.2) is 18.2 Å². The Balaban J connectivity index is 1.90. The lowest BCUT2D eigenvalue weighted by Gasteiger charge is -2.18. The van der Waals surface area contributed by atoms with Crippen LogP contribution in [0.3, 0.4) is 0 Å². The van der Waals surface area contributed by atoms with Crippen molar-refractivity contribution < 1.29 is 0 Å². The van der Waals surface area contributed by atoms with E-state index in [4.69, 9.17) is 9.97 Å². The number of aryl methyl sites for hydroxylation is 3. The summed E-state index contributed by atoms with van der Waals surface area (Å²) in [7, 11) is 0. The van der Waals surface area contributed by atoms with Crippen molar-refractivity contribution in [2.24, 2.45) is 0 Å². The molecule has 1 aromatic heterocycles. The van der Waals surface area contributed by atoms with Crippen molar-refractivity contribution in [1.29, 1.82) is 0 Å². The molecular formula is C17H21N3. The highest BCUT2D eigenvalue weighted by Crippen LogP contribution is 2.17. The number of aromatic nitrogens is 2. The molecule has 3 rings (SSSR count). The molecule has 0 spiro atoms. The van der Waals surface area contributed by atoms with Crippen molar-refractivity contribution in [3.63, 3.8) is 0 Å². The quantitative estimate of drug-likeness (QED) is 0.909. The molecule has 1 aliphatic heterocycles. The van der Waals surface area contributed by atoms with E-state index in [0.717, 1.165) is 37.4 Å². The Kier molecular flexibility index (Phi) is 3.53. The van der Waals surface area contributed by atoms with Gasteiger partial charge in [-0.05, 0) is 56.0 Å². The summed E-state index contributed by atoms with van der Waals surface area (Å²) in [5, 5.41) is 3.39. The fraction of sp³-hybridized carbons (Fsp3) is 0.412. The van der Waals surface area contributed by atoms with Crippen LogP contribution in [0, 0.1) is 20.8 Å². The lowest BCUT2D eigenvalue weighted by molar-refractivity contribution is 0.613. The van der Waals surface area contributed by atoms with Crippen LogP contribution in [-0.4, -0.2) is 16.5 Å². The van der Waals surface area contributed by atoms with Crippen molar-refractivity contribution >= 4 is 0 Å². The van der Waals surface area contributed by atoms with E-state index in [1.165, 1.54) is 27.9 Å². The monoisotopic (exact) mass is 267 g/mol. The van der Waals surface area contributed by atoms with E-state index in [9.17, 15) is 0 Å². The third-order valence-electron chi connectivity index (χ3n) is 4.12. The van der Waals surface area contributed by atoms with Gasteiger partial charge < -0.3 is 5.32 Å². The lowest BCUT2D eigenvalue weighted by atomic mass is 10.0. The van der Waals surface area contributed by atoms with Crippen LogP contribution >= 0.6 is 0 Å². The molecule has 0 aliphatic carbocycles. The first-order chi connectivity index (χ1) is 9.63. The number of hydrogen-bond donors (Lipinski definition) is 1. The smallest absolute Gasteiger partial charge is 0.133 e. The predicted octanol–water partition coefficient (Wildman–Crippen LogP) is 2.64. The Labute approximate surface area is 120 Å². The second-order valence-corrected chi connectivity index (χ2v) is 5.67. The molecule has 0 unspecified atom stereocenters. The topological polar surface area (TPSA) is 37.8 Å². The molecule has 104 valence electrons. The molecule has 1 aromatic carbocycles. The number of rotatable bonds is 2. The molecule has 2 aromatic rings. The molecule has 0 amide bonds. The largest absolute Gasteiger partial charge is 0.311 e. The highest BCUT2D eigenvalue weighted by Gasteiger charge is 2.15. The summed E-state index contributed by atoms with van der Waals surface area (Å²) >= 11 is 0. The number of nitrogens with one attached hydrogen (secondary N) is 1. The molecule has 0 atom stereocenters. The molecule has 0 bridgehead atoms. The molecular weight excluding hydrogens is 246 g/mol. The van der Waals surface area contributed by atoms with E-state index in [1.807, 2.05) is 0 Å². The molecule has 20 heavy (non-hydrogen) atoms. The predicted molar refractivity (Wildman–Crippen MR) is 80.9 cm³/mol. The van der Waals surface area contributed by atoms with Gasteiger partial charge in [0.15, 0.2) is 0 Å². The fourth-order valence-electron chi connectivity index (χ4n) is 2.78. The molecule has 2 heterocycles. The van der Waals surface area contributed by atoms with Gasteiger partial charge in [-0.1, -0.05) is 18.2 Å². The van der Waals surface area contributed by atoms with Crippen LogP contribution in [0.1, 0.15) is 39.5 Å². The zero-order valence-corrected chi connectivity index (χ0v) is 12.5. The van der Waals surface area contributed by atoms with E-state index in [0.29, 0.717) is 0 Å². The Morgan fingerprint density at radius 3 is 2.75 bits per heavy atom. The fourth-order valence-corrected chi connectivity index (χ4v) is 2.78. The minimum absolute atomic E-state index is 0.815. The standard InChI is InChI=1S/C17H21N3/c1-11-4-5-14(8-12(11)2)9-17-19-13(3)15-6-7-18-10-16(15)20-17/h4-5,8,18H,6-7,9-10H2,1-3H3. The molecule has 0 fully saturated rings. The first kappa shape index (κ1) is 13.3.